The minimum absolute atomic E-state index is 0.0226. The summed E-state index contributed by atoms with van der Waals surface area (Å²) in [5, 5.41) is 0. The number of fused-ring (bicyclic) bond motifs is 2. The minimum atomic E-state index is -3.71. The third-order valence-electron chi connectivity index (χ3n) is 5.24. The van der Waals surface area contributed by atoms with Gasteiger partial charge in [-0.1, -0.05) is 12.1 Å². The van der Waals surface area contributed by atoms with Crippen LogP contribution in [0.25, 0.3) is 0 Å². The molecule has 1 amide bonds. The van der Waals surface area contributed by atoms with Gasteiger partial charge in [0.05, 0.1) is 10.6 Å². The maximum Gasteiger partial charge on any atom is 0.264 e. The van der Waals surface area contributed by atoms with Crippen LogP contribution in [-0.2, 0) is 21.2 Å². The third-order valence-corrected chi connectivity index (χ3v) is 8.24. The third kappa shape index (κ3) is 3.10. The van der Waals surface area contributed by atoms with Crippen molar-refractivity contribution < 1.29 is 13.2 Å². The predicted molar refractivity (Wildman–Crippen MR) is 114 cm³/mol. The van der Waals surface area contributed by atoms with Crippen molar-refractivity contribution in [3.63, 3.8) is 0 Å². The first-order valence-corrected chi connectivity index (χ1v) is 11.6. The Morgan fingerprint density at radius 1 is 1.14 bits per heavy atom. The molecule has 0 saturated heterocycles. The van der Waals surface area contributed by atoms with E-state index in [1.165, 1.54) is 4.31 Å². The van der Waals surface area contributed by atoms with Crippen molar-refractivity contribution in [2.24, 2.45) is 0 Å². The highest BCUT2D eigenvalue weighted by molar-refractivity contribution is 8.01. The first kappa shape index (κ1) is 19.3. The topological polar surface area (TPSA) is 57.7 Å². The Labute approximate surface area is 170 Å². The molecule has 0 aromatic heterocycles. The summed E-state index contributed by atoms with van der Waals surface area (Å²) in [5.41, 5.74) is 2.45. The van der Waals surface area contributed by atoms with Gasteiger partial charge in [-0.3, -0.25) is 9.10 Å². The zero-order valence-corrected chi connectivity index (χ0v) is 18.1. The van der Waals surface area contributed by atoms with Gasteiger partial charge in [0, 0.05) is 34.8 Å². The molecule has 28 heavy (non-hydrogen) atoms. The van der Waals surface area contributed by atoms with E-state index in [0.717, 1.165) is 21.8 Å². The van der Waals surface area contributed by atoms with Crippen LogP contribution in [0.4, 0.5) is 11.4 Å². The summed E-state index contributed by atoms with van der Waals surface area (Å²) in [6.07, 6.45) is 0.663. The lowest BCUT2D eigenvalue weighted by atomic mass is 10.1. The first-order valence-electron chi connectivity index (χ1n) is 9.34. The lowest BCUT2D eigenvalue weighted by molar-refractivity contribution is -0.116. The number of nitrogens with zero attached hydrogens (tertiary/aromatic N) is 2. The van der Waals surface area contributed by atoms with E-state index in [1.54, 1.807) is 41.8 Å². The van der Waals surface area contributed by atoms with Crippen LogP contribution in [0.2, 0.25) is 0 Å². The Morgan fingerprint density at radius 3 is 2.57 bits per heavy atom. The Kier molecular flexibility index (Phi) is 4.50. The van der Waals surface area contributed by atoms with Crippen molar-refractivity contribution in [1.82, 2.24) is 0 Å². The van der Waals surface area contributed by atoms with Crippen LogP contribution in [0, 0.1) is 0 Å². The highest BCUT2D eigenvalue weighted by Gasteiger charge is 2.38. The van der Waals surface area contributed by atoms with E-state index in [0.29, 0.717) is 13.0 Å². The van der Waals surface area contributed by atoms with Crippen LogP contribution in [0.15, 0.2) is 52.3 Å². The van der Waals surface area contributed by atoms with Crippen molar-refractivity contribution in [2.75, 3.05) is 15.7 Å². The fraction of sp³-hybridized carbons (Fsp3) is 0.381. The van der Waals surface area contributed by atoms with Gasteiger partial charge in [-0.2, -0.15) is 0 Å². The number of anilines is 2. The van der Waals surface area contributed by atoms with Gasteiger partial charge in [-0.05, 0) is 63.1 Å². The molecule has 4 rings (SSSR count). The number of hydrogen-bond donors (Lipinski definition) is 0. The minimum Gasteiger partial charge on any atom is -0.309 e. The zero-order valence-electron chi connectivity index (χ0n) is 16.5. The Hall–Kier alpha value is -1.99. The summed E-state index contributed by atoms with van der Waals surface area (Å²) in [5.74, 6) is -0.0226. The second kappa shape index (κ2) is 6.52. The first-order chi connectivity index (χ1) is 13.1. The predicted octanol–water partition coefficient (Wildman–Crippen LogP) is 4.06. The van der Waals surface area contributed by atoms with Gasteiger partial charge >= 0.3 is 0 Å². The van der Waals surface area contributed by atoms with E-state index in [9.17, 15) is 13.2 Å². The molecule has 5 nitrogen and oxygen atoms in total. The van der Waals surface area contributed by atoms with Crippen LogP contribution < -0.4 is 9.21 Å². The molecule has 0 aliphatic carbocycles. The molecule has 2 heterocycles. The van der Waals surface area contributed by atoms with Crippen LogP contribution in [0.3, 0.4) is 0 Å². The maximum atomic E-state index is 13.6. The Bertz CT molecular complexity index is 1060. The molecule has 7 heteroatoms. The molecular weight excluding hydrogens is 392 g/mol. The van der Waals surface area contributed by atoms with Crippen LogP contribution >= 0.6 is 11.8 Å². The van der Waals surface area contributed by atoms with Gasteiger partial charge in [-0.25, -0.2) is 8.42 Å². The second-order valence-electron chi connectivity index (χ2n) is 8.07. The standard InChI is InChI=1S/C21H24N2O3S2/c1-14-11-16-12-17(9-10-18(16)23(14)15(2)24)28(25,26)22-13-21(3,4)27-20-8-6-5-7-19(20)22/h5-10,12,14H,11,13H2,1-4H3/t14-/m1/s1. The molecule has 1 atom stereocenters. The number of carbonyl (C=O) groups excluding carboxylic acids is 1. The quantitative estimate of drug-likeness (QED) is 0.741. The lowest BCUT2D eigenvalue weighted by Crippen LogP contribution is -2.43. The summed E-state index contributed by atoms with van der Waals surface area (Å²) >= 11 is 1.70. The van der Waals surface area contributed by atoms with E-state index in [1.807, 2.05) is 31.2 Å². The lowest BCUT2D eigenvalue weighted by Gasteiger charge is -2.39. The fourth-order valence-corrected chi connectivity index (χ4v) is 7.15. The summed E-state index contributed by atoms with van der Waals surface area (Å²) in [6, 6.07) is 12.8. The van der Waals surface area contributed by atoms with E-state index >= 15 is 0 Å². The molecule has 0 N–H and O–H groups in total. The van der Waals surface area contributed by atoms with Crippen molar-refractivity contribution >= 4 is 39.1 Å². The summed E-state index contributed by atoms with van der Waals surface area (Å²) in [4.78, 5) is 14.9. The zero-order chi connectivity index (χ0) is 20.3. The Balaban J connectivity index is 1.78. The summed E-state index contributed by atoms with van der Waals surface area (Å²) < 4.78 is 28.4. The number of thioether (sulfide) groups is 1. The van der Waals surface area contributed by atoms with Gasteiger partial charge in [-0.15, -0.1) is 11.8 Å². The van der Waals surface area contributed by atoms with Gasteiger partial charge in [0.15, 0.2) is 0 Å². The highest BCUT2D eigenvalue weighted by atomic mass is 32.2. The Morgan fingerprint density at radius 2 is 1.86 bits per heavy atom. The second-order valence-corrected chi connectivity index (χ2v) is 11.7. The van der Waals surface area contributed by atoms with E-state index < -0.39 is 10.0 Å². The SMILES string of the molecule is CC(=O)N1c2ccc(S(=O)(=O)N3CC(C)(C)Sc4ccccc43)cc2C[C@H]1C. The van der Waals surface area contributed by atoms with Crippen LogP contribution in [-0.4, -0.2) is 31.7 Å². The van der Waals surface area contributed by atoms with E-state index in [-0.39, 0.29) is 21.6 Å². The van der Waals surface area contributed by atoms with Crippen molar-refractivity contribution in [3.8, 4) is 0 Å². The average molecular weight is 417 g/mol. The molecule has 2 aliphatic heterocycles. The number of sulfonamides is 1. The number of rotatable bonds is 2. The number of benzene rings is 2. The molecule has 0 fully saturated rings. The molecule has 2 aliphatic rings. The van der Waals surface area contributed by atoms with Crippen molar-refractivity contribution in [1.29, 1.82) is 0 Å². The van der Waals surface area contributed by atoms with Gasteiger partial charge in [0.25, 0.3) is 10.0 Å². The highest BCUT2D eigenvalue weighted by Crippen LogP contribution is 2.46. The monoisotopic (exact) mass is 416 g/mol. The van der Waals surface area contributed by atoms with Crippen molar-refractivity contribution in [3.05, 3.63) is 48.0 Å². The largest absolute Gasteiger partial charge is 0.309 e. The van der Waals surface area contributed by atoms with Gasteiger partial charge in [0.2, 0.25) is 5.91 Å². The van der Waals surface area contributed by atoms with E-state index in [2.05, 4.69) is 13.8 Å². The summed E-state index contributed by atoms with van der Waals surface area (Å²) in [6.45, 7) is 8.05. The van der Waals surface area contributed by atoms with Gasteiger partial charge < -0.3 is 4.90 Å². The van der Waals surface area contributed by atoms with Crippen LogP contribution in [0.5, 0.6) is 0 Å². The molecule has 2 aromatic carbocycles. The average Bonchev–Trinajstić information content (AvgIpc) is 2.95. The normalized spacial score (nSPS) is 20.6. The smallest absolute Gasteiger partial charge is 0.264 e. The maximum absolute atomic E-state index is 13.6. The van der Waals surface area contributed by atoms with E-state index in [4.69, 9.17) is 0 Å². The summed E-state index contributed by atoms with van der Waals surface area (Å²) in [7, 11) is -3.71. The molecule has 2 aromatic rings. The molecule has 0 radical (unpaired) electrons. The number of amides is 1. The van der Waals surface area contributed by atoms with Crippen LogP contribution in [0.1, 0.15) is 33.3 Å². The van der Waals surface area contributed by atoms with Crippen molar-refractivity contribution in [2.45, 2.75) is 54.7 Å². The molecular formula is C21H24N2O3S2. The number of carbonyl (C=O) groups is 1. The molecule has 148 valence electrons. The molecule has 0 saturated carbocycles. The van der Waals surface area contributed by atoms with Gasteiger partial charge in [0.1, 0.15) is 0 Å². The molecule has 0 spiro atoms. The molecule has 0 bridgehead atoms. The molecule has 0 unspecified atom stereocenters. The fourth-order valence-electron chi connectivity index (χ4n) is 4.10. The number of hydrogen-bond acceptors (Lipinski definition) is 4. The number of para-hydroxylation sites is 1.